The molecule has 21 heavy (non-hydrogen) atoms. The molecule has 2 N–H and O–H groups in total. The van der Waals surface area contributed by atoms with Crippen LogP contribution in [0.15, 0.2) is 36.7 Å². The Morgan fingerprint density at radius 2 is 2.00 bits per heavy atom. The minimum absolute atomic E-state index is 0.387. The van der Waals surface area contributed by atoms with Crippen LogP contribution >= 0.6 is 0 Å². The van der Waals surface area contributed by atoms with Crippen LogP contribution in [0.2, 0.25) is 0 Å². The first kappa shape index (κ1) is 12.8. The highest BCUT2D eigenvalue weighted by Gasteiger charge is 2.43. The summed E-state index contributed by atoms with van der Waals surface area (Å²) >= 11 is 0. The third-order valence-electron chi connectivity index (χ3n) is 5.01. The lowest BCUT2D eigenvalue weighted by Gasteiger charge is -2.20. The highest BCUT2D eigenvalue weighted by Crippen LogP contribution is 2.44. The number of anilines is 1. The molecule has 1 aliphatic heterocycles. The molecule has 1 aromatic heterocycles. The van der Waals surface area contributed by atoms with Crippen molar-refractivity contribution < 1.29 is 0 Å². The highest BCUT2D eigenvalue weighted by atomic mass is 15.4. The van der Waals surface area contributed by atoms with Crippen LogP contribution in [-0.2, 0) is 6.54 Å². The topological polar surface area (TPSA) is 60.0 Å². The number of nitrogen functional groups attached to an aromatic ring is 1. The van der Waals surface area contributed by atoms with Gasteiger partial charge in [0.2, 0.25) is 5.95 Å². The molecule has 2 aliphatic rings. The Labute approximate surface area is 124 Å². The van der Waals surface area contributed by atoms with Crippen molar-refractivity contribution in [3.63, 3.8) is 0 Å². The maximum atomic E-state index is 5.66. The van der Waals surface area contributed by atoms with Crippen LogP contribution in [0, 0.1) is 11.8 Å². The summed E-state index contributed by atoms with van der Waals surface area (Å²) in [4.78, 5) is 6.66. The van der Waals surface area contributed by atoms with E-state index in [1.165, 1.54) is 24.9 Å². The number of rotatable bonds is 3. The number of hydrogen-bond acceptors (Lipinski definition) is 4. The van der Waals surface area contributed by atoms with Gasteiger partial charge in [-0.1, -0.05) is 30.3 Å². The van der Waals surface area contributed by atoms with E-state index in [1.54, 1.807) is 6.33 Å². The van der Waals surface area contributed by atoms with Gasteiger partial charge in [0, 0.05) is 19.6 Å². The number of fused-ring (bicyclic) bond motifs is 1. The molecule has 1 saturated carbocycles. The van der Waals surface area contributed by atoms with Crippen molar-refractivity contribution in [3.05, 3.63) is 42.2 Å². The van der Waals surface area contributed by atoms with Crippen LogP contribution in [0.5, 0.6) is 0 Å². The Morgan fingerprint density at radius 3 is 2.76 bits per heavy atom. The van der Waals surface area contributed by atoms with Gasteiger partial charge >= 0.3 is 0 Å². The Morgan fingerprint density at radius 1 is 1.14 bits per heavy atom. The van der Waals surface area contributed by atoms with Crippen LogP contribution in [0.25, 0.3) is 0 Å². The normalized spacial score (nSPS) is 28.9. The summed E-state index contributed by atoms with van der Waals surface area (Å²) in [6, 6.07) is 11.2. The standard InChI is InChI=1S/C16H21N5/c17-16-18-11-21(19-16)15-7-6-13-9-20(10-14(13)15)8-12-4-2-1-3-5-12/h1-5,11,13-15H,6-10H2,(H2,17,19). The third-order valence-corrected chi connectivity index (χ3v) is 5.01. The fourth-order valence-corrected chi connectivity index (χ4v) is 4.08. The number of benzene rings is 1. The molecule has 3 atom stereocenters. The first-order chi connectivity index (χ1) is 10.3. The van der Waals surface area contributed by atoms with Crippen LogP contribution in [0.1, 0.15) is 24.4 Å². The Hall–Kier alpha value is -1.88. The Balaban J connectivity index is 1.46. The van der Waals surface area contributed by atoms with E-state index in [2.05, 4.69) is 45.3 Å². The summed E-state index contributed by atoms with van der Waals surface area (Å²) < 4.78 is 1.99. The molecule has 4 rings (SSSR count). The van der Waals surface area contributed by atoms with Crippen molar-refractivity contribution in [2.45, 2.75) is 25.4 Å². The molecule has 1 aliphatic carbocycles. The summed E-state index contributed by atoms with van der Waals surface area (Å²) in [5, 5.41) is 4.33. The number of likely N-dealkylation sites (tertiary alicyclic amines) is 1. The van der Waals surface area contributed by atoms with E-state index in [9.17, 15) is 0 Å². The largest absolute Gasteiger partial charge is 0.367 e. The van der Waals surface area contributed by atoms with Gasteiger partial charge in [0.1, 0.15) is 6.33 Å². The molecule has 0 bridgehead atoms. The van der Waals surface area contributed by atoms with Crippen LogP contribution in [0.4, 0.5) is 5.95 Å². The van der Waals surface area contributed by atoms with Crippen LogP contribution < -0.4 is 5.73 Å². The van der Waals surface area contributed by atoms with Crippen molar-refractivity contribution in [3.8, 4) is 0 Å². The van der Waals surface area contributed by atoms with Gasteiger partial charge in [-0.15, -0.1) is 5.10 Å². The molecular weight excluding hydrogens is 262 g/mol. The van der Waals surface area contributed by atoms with Gasteiger partial charge in [0.05, 0.1) is 6.04 Å². The monoisotopic (exact) mass is 283 g/mol. The fraction of sp³-hybridized carbons (Fsp3) is 0.500. The molecule has 2 aromatic rings. The molecule has 5 heteroatoms. The van der Waals surface area contributed by atoms with Crippen molar-refractivity contribution >= 4 is 5.95 Å². The zero-order valence-corrected chi connectivity index (χ0v) is 12.1. The Kier molecular flexibility index (Phi) is 3.15. The molecule has 0 spiro atoms. The number of hydrogen-bond donors (Lipinski definition) is 1. The van der Waals surface area contributed by atoms with Gasteiger partial charge in [-0.05, 0) is 30.2 Å². The first-order valence-corrected chi connectivity index (χ1v) is 7.72. The van der Waals surface area contributed by atoms with Gasteiger partial charge in [-0.25, -0.2) is 9.67 Å². The lowest BCUT2D eigenvalue weighted by atomic mass is 9.98. The second-order valence-corrected chi connectivity index (χ2v) is 6.33. The molecule has 2 fully saturated rings. The van der Waals surface area contributed by atoms with Gasteiger partial charge in [0.25, 0.3) is 0 Å². The minimum atomic E-state index is 0.387. The predicted octanol–water partition coefficient (Wildman–Crippen LogP) is 1.94. The average Bonchev–Trinajstić information content (AvgIpc) is 3.15. The van der Waals surface area contributed by atoms with Crippen LogP contribution in [-0.4, -0.2) is 32.8 Å². The summed E-state index contributed by atoms with van der Waals surface area (Å²) in [5.74, 6) is 1.87. The third kappa shape index (κ3) is 2.42. The van der Waals surface area contributed by atoms with Gasteiger partial charge in [-0.2, -0.15) is 0 Å². The zero-order chi connectivity index (χ0) is 14.2. The molecule has 3 unspecified atom stereocenters. The highest BCUT2D eigenvalue weighted by molar-refractivity contribution is 5.15. The second-order valence-electron chi connectivity index (χ2n) is 6.33. The first-order valence-electron chi connectivity index (χ1n) is 7.72. The molecule has 0 radical (unpaired) electrons. The quantitative estimate of drug-likeness (QED) is 0.935. The van der Waals surface area contributed by atoms with E-state index in [1.807, 2.05) is 4.68 Å². The minimum Gasteiger partial charge on any atom is -0.367 e. The number of nitrogens with two attached hydrogens (primary N) is 1. The SMILES string of the molecule is Nc1ncn(C2CCC3CN(Cc4ccccc4)CC32)n1. The maximum absolute atomic E-state index is 5.66. The Bertz CT molecular complexity index is 608. The molecule has 2 heterocycles. The molecule has 0 amide bonds. The number of nitrogens with zero attached hydrogens (tertiary/aromatic N) is 4. The summed E-state index contributed by atoms with van der Waals surface area (Å²) in [6.45, 7) is 3.42. The molecule has 5 nitrogen and oxygen atoms in total. The van der Waals surface area contributed by atoms with Gasteiger partial charge < -0.3 is 5.73 Å². The molecular formula is C16H21N5. The van der Waals surface area contributed by atoms with E-state index in [-0.39, 0.29) is 0 Å². The number of aromatic nitrogens is 3. The molecule has 1 saturated heterocycles. The van der Waals surface area contributed by atoms with E-state index in [4.69, 9.17) is 5.73 Å². The van der Waals surface area contributed by atoms with Crippen molar-refractivity contribution in [2.75, 3.05) is 18.8 Å². The van der Waals surface area contributed by atoms with Crippen molar-refractivity contribution in [1.29, 1.82) is 0 Å². The van der Waals surface area contributed by atoms with E-state index < -0.39 is 0 Å². The fourth-order valence-electron chi connectivity index (χ4n) is 4.08. The summed E-state index contributed by atoms with van der Waals surface area (Å²) in [5.41, 5.74) is 7.06. The summed E-state index contributed by atoms with van der Waals surface area (Å²) in [7, 11) is 0. The lowest BCUT2D eigenvalue weighted by Crippen LogP contribution is -2.24. The summed E-state index contributed by atoms with van der Waals surface area (Å²) in [6.07, 6.45) is 4.29. The molecule has 110 valence electrons. The van der Waals surface area contributed by atoms with Crippen molar-refractivity contribution in [2.24, 2.45) is 11.8 Å². The average molecular weight is 283 g/mol. The predicted molar refractivity (Wildman–Crippen MR) is 81.4 cm³/mol. The van der Waals surface area contributed by atoms with Gasteiger partial charge in [-0.3, -0.25) is 4.90 Å². The van der Waals surface area contributed by atoms with E-state index >= 15 is 0 Å². The van der Waals surface area contributed by atoms with E-state index in [0.717, 1.165) is 19.0 Å². The maximum Gasteiger partial charge on any atom is 0.239 e. The van der Waals surface area contributed by atoms with Gasteiger partial charge in [0.15, 0.2) is 0 Å². The molecule has 1 aromatic carbocycles. The van der Waals surface area contributed by atoms with E-state index in [0.29, 0.717) is 17.9 Å². The van der Waals surface area contributed by atoms with Crippen LogP contribution in [0.3, 0.4) is 0 Å². The second kappa shape index (κ2) is 5.15. The smallest absolute Gasteiger partial charge is 0.239 e. The van der Waals surface area contributed by atoms with Crippen molar-refractivity contribution in [1.82, 2.24) is 19.7 Å². The lowest BCUT2D eigenvalue weighted by molar-refractivity contribution is 0.275. The zero-order valence-electron chi connectivity index (χ0n) is 12.1.